The van der Waals surface area contributed by atoms with Crippen molar-refractivity contribution in [1.82, 2.24) is 19.5 Å². The molecule has 2 amide bonds. The molecular formula is C26H27N5O7S. The topological polar surface area (TPSA) is 153 Å². The van der Waals surface area contributed by atoms with Crippen LogP contribution in [0.2, 0.25) is 0 Å². The van der Waals surface area contributed by atoms with Crippen molar-refractivity contribution in [1.29, 1.82) is 0 Å². The van der Waals surface area contributed by atoms with Gasteiger partial charge in [-0.05, 0) is 43.2 Å². The summed E-state index contributed by atoms with van der Waals surface area (Å²) in [5.74, 6) is -0.652. The minimum Gasteiger partial charge on any atom is -0.618 e. The first kappa shape index (κ1) is 26.5. The summed E-state index contributed by atoms with van der Waals surface area (Å²) in [6, 6.07) is 9.81. The van der Waals surface area contributed by atoms with Gasteiger partial charge in [-0.2, -0.15) is 9.04 Å². The first-order valence-electron chi connectivity index (χ1n) is 12.6. The lowest BCUT2D eigenvalue weighted by atomic mass is 10.1. The molecule has 5 rings (SSSR count). The average molecular weight is 554 g/mol. The molecule has 2 saturated heterocycles. The molecule has 2 fully saturated rings. The van der Waals surface area contributed by atoms with E-state index in [1.54, 1.807) is 30.5 Å². The molecule has 12 nitrogen and oxygen atoms in total. The molecule has 2 aromatic heterocycles. The summed E-state index contributed by atoms with van der Waals surface area (Å²) in [6.07, 6.45) is 2.98. The predicted molar refractivity (Wildman–Crippen MR) is 138 cm³/mol. The number of Topliss-reactive ketones (excluding diaryl/α,β-unsaturated/α-hetero) is 1. The van der Waals surface area contributed by atoms with Crippen LogP contribution in [0.25, 0.3) is 10.9 Å². The molecule has 0 aliphatic carbocycles. The summed E-state index contributed by atoms with van der Waals surface area (Å²) < 4.78 is 33.1. The Balaban J connectivity index is 1.30. The van der Waals surface area contributed by atoms with Crippen LogP contribution >= 0.6 is 0 Å². The number of benzene rings is 1. The number of likely N-dealkylation sites (tertiary alicyclic amines) is 1. The van der Waals surface area contributed by atoms with E-state index in [0.717, 1.165) is 21.4 Å². The number of hydrogen-bond donors (Lipinski definition) is 1. The molecular weight excluding hydrogens is 526 g/mol. The minimum absolute atomic E-state index is 0.132. The number of pyridine rings is 2. The lowest BCUT2D eigenvalue weighted by Gasteiger charge is -2.28. The summed E-state index contributed by atoms with van der Waals surface area (Å²) >= 11 is 0. The Morgan fingerprint density at radius 1 is 1.23 bits per heavy atom. The fourth-order valence-corrected chi connectivity index (χ4v) is 6.87. The van der Waals surface area contributed by atoms with Crippen LogP contribution in [0.1, 0.15) is 26.2 Å². The van der Waals surface area contributed by atoms with Crippen molar-refractivity contribution >= 4 is 38.7 Å². The Morgan fingerprint density at radius 3 is 2.82 bits per heavy atom. The van der Waals surface area contributed by atoms with Gasteiger partial charge in [0.2, 0.25) is 5.91 Å². The van der Waals surface area contributed by atoms with Gasteiger partial charge in [0.15, 0.2) is 12.0 Å². The van der Waals surface area contributed by atoms with Gasteiger partial charge in [-0.1, -0.05) is 19.4 Å². The molecule has 0 bridgehead atoms. The van der Waals surface area contributed by atoms with E-state index < -0.39 is 57.5 Å². The van der Waals surface area contributed by atoms with E-state index in [4.69, 9.17) is 4.74 Å². The molecule has 13 heteroatoms. The van der Waals surface area contributed by atoms with Crippen molar-refractivity contribution in [2.45, 2.75) is 49.3 Å². The van der Waals surface area contributed by atoms with Crippen LogP contribution in [0, 0.1) is 5.21 Å². The smallest absolute Gasteiger partial charge is 0.413 e. The maximum atomic E-state index is 13.5. The Kier molecular flexibility index (Phi) is 7.19. The highest BCUT2D eigenvalue weighted by Crippen LogP contribution is 2.34. The van der Waals surface area contributed by atoms with Crippen LogP contribution < -0.4 is 14.8 Å². The highest BCUT2D eigenvalue weighted by molar-refractivity contribution is 7.89. The molecule has 39 heavy (non-hydrogen) atoms. The molecule has 3 aromatic rings. The third kappa shape index (κ3) is 5.02. The molecule has 3 unspecified atom stereocenters. The molecule has 2 aliphatic rings. The Morgan fingerprint density at radius 2 is 2.05 bits per heavy atom. The normalized spacial score (nSPS) is 20.1. The van der Waals surface area contributed by atoms with Crippen molar-refractivity contribution in [3.8, 4) is 5.75 Å². The van der Waals surface area contributed by atoms with E-state index in [0.29, 0.717) is 12.8 Å². The van der Waals surface area contributed by atoms with Gasteiger partial charge in [-0.25, -0.2) is 13.2 Å². The van der Waals surface area contributed by atoms with E-state index in [1.807, 2.05) is 13.0 Å². The number of ketones is 1. The van der Waals surface area contributed by atoms with E-state index in [1.165, 1.54) is 23.1 Å². The molecule has 2 aliphatic heterocycles. The fourth-order valence-electron chi connectivity index (χ4n) is 5.22. The zero-order valence-corrected chi connectivity index (χ0v) is 21.9. The second kappa shape index (κ2) is 10.6. The van der Waals surface area contributed by atoms with Crippen LogP contribution in [0.4, 0.5) is 4.79 Å². The van der Waals surface area contributed by atoms with Crippen molar-refractivity contribution in [3.63, 3.8) is 0 Å². The fraction of sp³-hybridized carbons (Fsp3) is 0.346. The summed E-state index contributed by atoms with van der Waals surface area (Å²) in [5, 5.41) is 15.0. The largest absolute Gasteiger partial charge is 0.618 e. The molecule has 4 heterocycles. The Labute approximate surface area is 224 Å². The minimum atomic E-state index is -4.27. The Bertz CT molecular complexity index is 1550. The zero-order chi connectivity index (χ0) is 27.7. The van der Waals surface area contributed by atoms with Gasteiger partial charge in [-0.3, -0.25) is 14.6 Å². The average Bonchev–Trinajstić information content (AvgIpc) is 3.49. The quantitative estimate of drug-likeness (QED) is 0.340. The van der Waals surface area contributed by atoms with Gasteiger partial charge in [0.1, 0.15) is 17.8 Å². The highest BCUT2D eigenvalue weighted by atomic mass is 32.2. The van der Waals surface area contributed by atoms with Gasteiger partial charge in [-0.15, -0.1) is 0 Å². The van der Waals surface area contributed by atoms with E-state index in [2.05, 4.69) is 10.3 Å². The van der Waals surface area contributed by atoms with Crippen LogP contribution in [0.15, 0.2) is 66.0 Å². The highest BCUT2D eigenvalue weighted by Gasteiger charge is 2.55. The third-order valence-corrected chi connectivity index (χ3v) is 8.84. The molecule has 0 saturated carbocycles. The number of ether oxygens (including phenoxy) is 1. The lowest BCUT2D eigenvalue weighted by Crippen LogP contribution is -2.53. The zero-order valence-electron chi connectivity index (χ0n) is 21.1. The van der Waals surface area contributed by atoms with E-state index in [-0.39, 0.29) is 23.4 Å². The molecule has 0 spiro atoms. The van der Waals surface area contributed by atoms with Crippen molar-refractivity contribution in [2.75, 3.05) is 13.1 Å². The molecule has 0 radical (unpaired) electrons. The summed E-state index contributed by atoms with van der Waals surface area (Å²) in [6.45, 7) is 1.54. The van der Waals surface area contributed by atoms with Crippen LogP contribution in [0.5, 0.6) is 5.75 Å². The van der Waals surface area contributed by atoms with Crippen molar-refractivity contribution < 1.29 is 32.3 Å². The summed E-state index contributed by atoms with van der Waals surface area (Å²) in [5.41, 5.74) is 0.738. The van der Waals surface area contributed by atoms with Crippen molar-refractivity contribution in [3.05, 3.63) is 66.1 Å². The number of fused-ring (bicyclic) bond motifs is 2. The van der Waals surface area contributed by atoms with Gasteiger partial charge >= 0.3 is 21.1 Å². The number of amides is 2. The van der Waals surface area contributed by atoms with Gasteiger partial charge in [0.05, 0.1) is 18.1 Å². The number of nitrogens with one attached hydrogen (secondary N) is 1. The van der Waals surface area contributed by atoms with Crippen molar-refractivity contribution in [2.24, 2.45) is 0 Å². The first-order valence-corrected chi connectivity index (χ1v) is 14.0. The van der Waals surface area contributed by atoms with Gasteiger partial charge in [0, 0.05) is 30.3 Å². The van der Waals surface area contributed by atoms with E-state index >= 15 is 0 Å². The molecule has 1 aromatic carbocycles. The number of sulfonamides is 1. The number of hydrogen-bond acceptors (Lipinski definition) is 8. The van der Waals surface area contributed by atoms with Gasteiger partial charge in [0.25, 0.3) is 0 Å². The second-order valence-corrected chi connectivity index (χ2v) is 11.3. The number of aromatic nitrogens is 2. The maximum absolute atomic E-state index is 13.5. The monoisotopic (exact) mass is 553 g/mol. The summed E-state index contributed by atoms with van der Waals surface area (Å²) in [4.78, 5) is 44.8. The molecule has 3 atom stereocenters. The second-order valence-electron chi connectivity index (χ2n) is 9.45. The SMILES string of the molecule is CCCC(NC(=O)Oc1ccc2ncccc2c1)C(=O)N1CCC2C1C(=O)CN2S(=O)(=O)c1cccc[n+]1[O-]. The number of rotatable bonds is 7. The van der Waals surface area contributed by atoms with Crippen LogP contribution in [-0.4, -0.2) is 71.6 Å². The number of carbonyl (C=O) groups excluding carboxylic acids is 3. The Hall–Kier alpha value is -4.10. The molecule has 1 N–H and O–H groups in total. The van der Waals surface area contributed by atoms with Gasteiger partial charge < -0.3 is 20.2 Å². The standard InChI is InChI=1S/C26H27N5O7S/c1-2-6-20(28-26(34)38-18-9-10-19-17(15-18)7-5-12-27-19)25(33)29-14-11-21-24(29)22(32)16-31(21)39(36,37)23-8-3-4-13-30(23)35/h3-5,7-10,12-13,15,20-21,24H,2,6,11,14,16H2,1H3,(H,28,34). The summed E-state index contributed by atoms with van der Waals surface area (Å²) in [7, 11) is -4.27. The lowest BCUT2D eigenvalue weighted by molar-refractivity contribution is -0.646. The number of carbonyl (C=O) groups is 3. The van der Waals surface area contributed by atoms with Crippen LogP contribution in [-0.2, 0) is 19.6 Å². The first-order chi connectivity index (χ1) is 18.7. The number of nitrogens with zero attached hydrogens (tertiary/aromatic N) is 4. The van der Waals surface area contributed by atoms with E-state index in [9.17, 15) is 28.0 Å². The predicted octanol–water partition coefficient (Wildman–Crippen LogP) is 1.37. The maximum Gasteiger partial charge on any atom is 0.413 e. The molecule has 204 valence electrons. The van der Waals surface area contributed by atoms with Crippen LogP contribution in [0.3, 0.4) is 0 Å². The third-order valence-electron chi connectivity index (χ3n) is 6.97.